The molecule has 1 fully saturated rings. The summed E-state index contributed by atoms with van der Waals surface area (Å²) in [6.45, 7) is 13.6. The third-order valence-corrected chi connectivity index (χ3v) is 5.62. The molecule has 0 unspecified atom stereocenters. The van der Waals surface area contributed by atoms with Gasteiger partial charge in [-0.25, -0.2) is 9.97 Å². The van der Waals surface area contributed by atoms with Gasteiger partial charge in [-0.15, -0.1) is 0 Å². The van der Waals surface area contributed by atoms with E-state index in [1.54, 1.807) is 0 Å². The Kier molecular flexibility index (Phi) is 6.32. The van der Waals surface area contributed by atoms with Gasteiger partial charge in [-0.3, -0.25) is 4.79 Å². The van der Waals surface area contributed by atoms with Crippen molar-refractivity contribution in [2.45, 2.75) is 53.9 Å². The molecule has 2 aromatic rings. The van der Waals surface area contributed by atoms with Crippen molar-refractivity contribution in [2.24, 2.45) is 0 Å². The largest absolute Gasteiger partial charge is 0.353 e. The van der Waals surface area contributed by atoms with E-state index in [0.717, 1.165) is 56.4 Å². The lowest BCUT2D eigenvalue weighted by Gasteiger charge is -2.36. The van der Waals surface area contributed by atoms with Crippen molar-refractivity contribution in [3.8, 4) is 0 Å². The van der Waals surface area contributed by atoms with E-state index in [9.17, 15) is 4.79 Å². The standard InChI is InChI=1S/C23H32N4O/c1-6-21-20(15-19-14-16(3)8-9-17(19)4)23(25-18(5)24-21)27-12-10-26(11-13-27)22(28)7-2/h8-9,14H,6-7,10-13,15H2,1-5H3. The van der Waals surface area contributed by atoms with Crippen LogP contribution in [0.5, 0.6) is 0 Å². The number of hydrogen-bond donors (Lipinski definition) is 0. The predicted octanol–water partition coefficient (Wildman–Crippen LogP) is 3.61. The number of aromatic nitrogens is 2. The molecule has 1 amide bonds. The number of anilines is 1. The van der Waals surface area contributed by atoms with Gasteiger partial charge in [-0.05, 0) is 38.3 Å². The number of nitrogens with zero attached hydrogens (tertiary/aromatic N) is 4. The molecule has 1 aromatic carbocycles. The van der Waals surface area contributed by atoms with Crippen LogP contribution >= 0.6 is 0 Å². The lowest BCUT2D eigenvalue weighted by molar-refractivity contribution is -0.131. The molecule has 5 nitrogen and oxygen atoms in total. The van der Waals surface area contributed by atoms with E-state index in [-0.39, 0.29) is 5.91 Å². The van der Waals surface area contributed by atoms with Gasteiger partial charge in [0, 0.05) is 50.3 Å². The van der Waals surface area contributed by atoms with Crippen molar-refractivity contribution < 1.29 is 4.79 Å². The lowest BCUT2D eigenvalue weighted by Crippen LogP contribution is -2.49. The van der Waals surface area contributed by atoms with E-state index in [2.05, 4.69) is 43.9 Å². The summed E-state index contributed by atoms with van der Waals surface area (Å²) in [5, 5.41) is 0. The normalized spacial score (nSPS) is 14.5. The number of amides is 1. The predicted molar refractivity (Wildman–Crippen MR) is 114 cm³/mol. The molecule has 150 valence electrons. The van der Waals surface area contributed by atoms with Crippen molar-refractivity contribution in [3.63, 3.8) is 0 Å². The summed E-state index contributed by atoms with van der Waals surface area (Å²) in [6, 6.07) is 6.63. The zero-order valence-electron chi connectivity index (χ0n) is 17.9. The van der Waals surface area contributed by atoms with Crippen molar-refractivity contribution >= 4 is 11.7 Å². The lowest BCUT2D eigenvalue weighted by atomic mass is 9.96. The minimum atomic E-state index is 0.239. The van der Waals surface area contributed by atoms with Crippen LogP contribution in [0, 0.1) is 20.8 Å². The molecule has 3 rings (SSSR count). The van der Waals surface area contributed by atoms with Gasteiger partial charge in [0.15, 0.2) is 0 Å². The molecule has 1 aliphatic rings. The zero-order valence-corrected chi connectivity index (χ0v) is 17.9. The maximum absolute atomic E-state index is 12.0. The smallest absolute Gasteiger partial charge is 0.222 e. The number of rotatable bonds is 5. The molecule has 0 spiro atoms. The van der Waals surface area contributed by atoms with Crippen molar-refractivity contribution in [1.29, 1.82) is 0 Å². The Morgan fingerprint density at radius 2 is 1.75 bits per heavy atom. The van der Waals surface area contributed by atoms with E-state index in [0.29, 0.717) is 6.42 Å². The first-order valence-corrected chi connectivity index (χ1v) is 10.4. The van der Waals surface area contributed by atoms with Crippen LogP contribution in [0.25, 0.3) is 0 Å². The van der Waals surface area contributed by atoms with Crippen LogP contribution in [0.15, 0.2) is 18.2 Å². The molecule has 0 bridgehead atoms. The molecule has 28 heavy (non-hydrogen) atoms. The fourth-order valence-electron chi connectivity index (χ4n) is 3.95. The molecule has 5 heteroatoms. The Morgan fingerprint density at radius 1 is 1.04 bits per heavy atom. The summed E-state index contributed by atoms with van der Waals surface area (Å²) >= 11 is 0. The summed E-state index contributed by atoms with van der Waals surface area (Å²) in [7, 11) is 0. The second kappa shape index (κ2) is 8.72. The Hall–Kier alpha value is -2.43. The summed E-state index contributed by atoms with van der Waals surface area (Å²) in [4.78, 5) is 25.9. The van der Waals surface area contributed by atoms with Gasteiger partial charge in [0.1, 0.15) is 11.6 Å². The van der Waals surface area contributed by atoms with Crippen LogP contribution in [-0.4, -0.2) is 47.0 Å². The number of aryl methyl sites for hydroxylation is 4. The zero-order chi connectivity index (χ0) is 20.3. The highest BCUT2D eigenvalue weighted by Crippen LogP contribution is 2.27. The Bertz CT molecular complexity index is 854. The molecule has 1 saturated heterocycles. The van der Waals surface area contributed by atoms with E-state index >= 15 is 0 Å². The van der Waals surface area contributed by atoms with E-state index in [1.807, 2.05) is 18.7 Å². The molecule has 0 radical (unpaired) electrons. The molecule has 0 saturated carbocycles. The molecule has 1 aromatic heterocycles. The van der Waals surface area contributed by atoms with Gasteiger partial charge >= 0.3 is 0 Å². The number of benzene rings is 1. The molecule has 0 atom stereocenters. The molecule has 0 aliphatic carbocycles. The first-order valence-electron chi connectivity index (χ1n) is 10.4. The highest BCUT2D eigenvalue weighted by Gasteiger charge is 2.24. The van der Waals surface area contributed by atoms with E-state index in [1.165, 1.54) is 22.3 Å². The summed E-state index contributed by atoms with van der Waals surface area (Å²) < 4.78 is 0. The Labute approximate surface area is 168 Å². The highest BCUT2D eigenvalue weighted by atomic mass is 16.2. The van der Waals surface area contributed by atoms with Crippen LogP contribution in [-0.2, 0) is 17.6 Å². The van der Waals surface area contributed by atoms with Crippen molar-refractivity contribution in [1.82, 2.24) is 14.9 Å². The topological polar surface area (TPSA) is 49.3 Å². The summed E-state index contributed by atoms with van der Waals surface area (Å²) in [5.41, 5.74) is 6.29. The minimum absolute atomic E-state index is 0.239. The van der Waals surface area contributed by atoms with Crippen LogP contribution in [0.2, 0.25) is 0 Å². The van der Waals surface area contributed by atoms with Crippen molar-refractivity contribution in [3.05, 3.63) is 52.0 Å². The van der Waals surface area contributed by atoms with Gasteiger partial charge in [0.2, 0.25) is 5.91 Å². The van der Waals surface area contributed by atoms with Crippen LogP contribution < -0.4 is 4.90 Å². The van der Waals surface area contributed by atoms with E-state index < -0.39 is 0 Å². The quantitative estimate of drug-likeness (QED) is 0.795. The Balaban J connectivity index is 1.94. The second-order valence-electron chi connectivity index (χ2n) is 7.70. The van der Waals surface area contributed by atoms with Gasteiger partial charge < -0.3 is 9.80 Å². The fraction of sp³-hybridized carbons (Fsp3) is 0.522. The summed E-state index contributed by atoms with van der Waals surface area (Å²) in [6.07, 6.45) is 2.32. The average Bonchev–Trinajstić information content (AvgIpc) is 2.71. The summed E-state index contributed by atoms with van der Waals surface area (Å²) in [5.74, 6) is 2.11. The van der Waals surface area contributed by atoms with Gasteiger partial charge in [0.25, 0.3) is 0 Å². The molecular weight excluding hydrogens is 348 g/mol. The SMILES string of the molecule is CCC(=O)N1CCN(c2nc(C)nc(CC)c2Cc2cc(C)ccc2C)CC1. The van der Waals surface area contributed by atoms with Crippen molar-refractivity contribution in [2.75, 3.05) is 31.1 Å². The van der Waals surface area contributed by atoms with Crippen LogP contribution in [0.3, 0.4) is 0 Å². The molecule has 1 aliphatic heterocycles. The van der Waals surface area contributed by atoms with Crippen LogP contribution in [0.4, 0.5) is 5.82 Å². The average molecular weight is 381 g/mol. The minimum Gasteiger partial charge on any atom is -0.353 e. The molecular formula is C23H32N4O. The number of hydrogen-bond acceptors (Lipinski definition) is 4. The third kappa shape index (κ3) is 4.34. The Morgan fingerprint density at radius 3 is 2.39 bits per heavy atom. The maximum Gasteiger partial charge on any atom is 0.222 e. The van der Waals surface area contributed by atoms with Crippen LogP contribution in [0.1, 0.15) is 54.0 Å². The monoisotopic (exact) mass is 380 g/mol. The fourth-order valence-corrected chi connectivity index (χ4v) is 3.95. The maximum atomic E-state index is 12.0. The number of piperazine rings is 1. The molecule has 0 N–H and O–H groups in total. The first-order chi connectivity index (χ1) is 13.4. The van der Waals surface area contributed by atoms with Gasteiger partial charge in [0.05, 0.1) is 0 Å². The number of carbonyl (C=O) groups is 1. The molecule has 2 heterocycles. The number of carbonyl (C=O) groups excluding carboxylic acids is 1. The van der Waals surface area contributed by atoms with E-state index in [4.69, 9.17) is 9.97 Å². The van der Waals surface area contributed by atoms with Gasteiger partial charge in [-0.2, -0.15) is 0 Å². The second-order valence-corrected chi connectivity index (χ2v) is 7.70. The van der Waals surface area contributed by atoms with Gasteiger partial charge in [-0.1, -0.05) is 37.6 Å². The first kappa shape index (κ1) is 20.3. The third-order valence-electron chi connectivity index (χ3n) is 5.62. The highest BCUT2D eigenvalue weighted by molar-refractivity contribution is 5.76.